The Morgan fingerprint density at radius 2 is 1.25 bits per heavy atom. The first-order valence-electron chi connectivity index (χ1n) is 11.5. The maximum atomic E-state index is 13.7. The number of benzene rings is 4. The average Bonchev–Trinajstić information content (AvgIpc) is 2.93. The van der Waals surface area contributed by atoms with E-state index in [1.165, 1.54) is 19.2 Å². The number of ether oxygens (including phenoxy) is 2. The van der Waals surface area contributed by atoms with Crippen molar-refractivity contribution in [3.63, 3.8) is 0 Å². The minimum Gasteiger partial charge on any atom is -0.465 e. The van der Waals surface area contributed by atoms with E-state index in [-0.39, 0.29) is 18.1 Å². The summed E-state index contributed by atoms with van der Waals surface area (Å²) in [5, 5.41) is 9.67. The van der Waals surface area contributed by atoms with E-state index in [2.05, 4.69) is 0 Å². The standard InChI is InChI=1S/C30H27NO5/c1-35-30(34)26-17-24(21-32)16-25(18-26)29(33)31(19-22-8-4-2-5-9-22)20-23-12-14-28(15-13-23)36-27-10-6-3-7-11-27/h2-18,32H,19-21H2,1H3. The Morgan fingerprint density at radius 3 is 1.86 bits per heavy atom. The van der Waals surface area contributed by atoms with Gasteiger partial charge < -0.3 is 19.5 Å². The Kier molecular flexibility index (Phi) is 8.11. The SMILES string of the molecule is COC(=O)c1cc(CO)cc(C(=O)N(Cc2ccccc2)Cc2ccc(Oc3ccccc3)cc2)c1. The average molecular weight is 482 g/mol. The molecule has 1 amide bonds. The number of rotatable bonds is 9. The summed E-state index contributed by atoms with van der Waals surface area (Å²) < 4.78 is 10.7. The molecule has 6 nitrogen and oxygen atoms in total. The van der Waals surface area contributed by atoms with Crippen molar-refractivity contribution < 1.29 is 24.2 Å². The van der Waals surface area contributed by atoms with Crippen molar-refractivity contribution in [2.45, 2.75) is 19.7 Å². The minimum absolute atomic E-state index is 0.217. The van der Waals surface area contributed by atoms with Crippen LogP contribution in [-0.4, -0.2) is 29.0 Å². The Morgan fingerprint density at radius 1 is 0.694 bits per heavy atom. The highest BCUT2D eigenvalue weighted by molar-refractivity contribution is 5.98. The van der Waals surface area contributed by atoms with E-state index in [1.807, 2.05) is 84.9 Å². The van der Waals surface area contributed by atoms with Crippen LogP contribution in [0.4, 0.5) is 0 Å². The Bertz CT molecular complexity index is 1300. The van der Waals surface area contributed by atoms with E-state index in [1.54, 1.807) is 11.0 Å². The van der Waals surface area contributed by atoms with Crippen LogP contribution in [0.1, 0.15) is 37.4 Å². The molecule has 4 aromatic rings. The second-order valence-electron chi connectivity index (χ2n) is 8.27. The largest absolute Gasteiger partial charge is 0.465 e. The number of methoxy groups -OCH3 is 1. The maximum absolute atomic E-state index is 13.7. The van der Waals surface area contributed by atoms with Crippen molar-refractivity contribution in [1.29, 1.82) is 0 Å². The van der Waals surface area contributed by atoms with Crippen LogP contribution in [0.25, 0.3) is 0 Å². The first-order valence-corrected chi connectivity index (χ1v) is 11.5. The third kappa shape index (κ3) is 6.37. The summed E-state index contributed by atoms with van der Waals surface area (Å²) >= 11 is 0. The van der Waals surface area contributed by atoms with Gasteiger partial charge in [0, 0.05) is 18.7 Å². The van der Waals surface area contributed by atoms with Crippen LogP contribution < -0.4 is 4.74 Å². The zero-order chi connectivity index (χ0) is 25.3. The second kappa shape index (κ2) is 11.8. The molecule has 0 unspecified atom stereocenters. The highest BCUT2D eigenvalue weighted by atomic mass is 16.5. The number of carbonyl (C=O) groups excluding carboxylic acids is 2. The Hall–Kier alpha value is -4.42. The van der Waals surface area contributed by atoms with Crippen LogP contribution in [0, 0.1) is 0 Å². The quantitative estimate of drug-likeness (QED) is 0.315. The van der Waals surface area contributed by atoms with Gasteiger partial charge in [-0.25, -0.2) is 4.79 Å². The molecule has 1 N–H and O–H groups in total. The van der Waals surface area contributed by atoms with Gasteiger partial charge in [0.2, 0.25) is 0 Å². The van der Waals surface area contributed by atoms with Crippen LogP contribution in [-0.2, 0) is 24.4 Å². The van der Waals surface area contributed by atoms with Gasteiger partial charge in [0.15, 0.2) is 0 Å². The second-order valence-corrected chi connectivity index (χ2v) is 8.27. The monoisotopic (exact) mass is 481 g/mol. The molecule has 0 fully saturated rings. The van der Waals surface area contributed by atoms with Gasteiger partial charge in [-0.05, 0) is 59.2 Å². The number of hydrogen-bond acceptors (Lipinski definition) is 5. The van der Waals surface area contributed by atoms with E-state index in [0.717, 1.165) is 16.9 Å². The molecule has 0 bridgehead atoms. The van der Waals surface area contributed by atoms with Crippen molar-refractivity contribution >= 4 is 11.9 Å². The molecule has 6 heteroatoms. The first-order chi connectivity index (χ1) is 17.6. The van der Waals surface area contributed by atoms with Crippen molar-refractivity contribution in [1.82, 2.24) is 4.90 Å². The summed E-state index contributed by atoms with van der Waals surface area (Å²) in [6.07, 6.45) is 0. The van der Waals surface area contributed by atoms with Gasteiger partial charge >= 0.3 is 5.97 Å². The molecule has 4 rings (SSSR count). The van der Waals surface area contributed by atoms with E-state index in [9.17, 15) is 14.7 Å². The molecule has 0 atom stereocenters. The zero-order valence-corrected chi connectivity index (χ0v) is 20.0. The molecular weight excluding hydrogens is 454 g/mol. The maximum Gasteiger partial charge on any atom is 0.337 e. The van der Waals surface area contributed by atoms with Gasteiger partial charge in [-0.1, -0.05) is 60.7 Å². The van der Waals surface area contributed by atoms with E-state index < -0.39 is 5.97 Å². The molecule has 4 aromatic carbocycles. The van der Waals surface area contributed by atoms with Crippen LogP contribution in [0.15, 0.2) is 103 Å². The fourth-order valence-electron chi connectivity index (χ4n) is 3.84. The van der Waals surface area contributed by atoms with E-state index >= 15 is 0 Å². The molecule has 0 saturated carbocycles. The van der Waals surface area contributed by atoms with Crippen LogP contribution >= 0.6 is 0 Å². The Labute approximate surface area is 210 Å². The highest BCUT2D eigenvalue weighted by Gasteiger charge is 2.20. The number of aliphatic hydroxyl groups excluding tert-OH is 1. The predicted octanol–water partition coefficient (Wildman–Crippen LogP) is 5.60. The van der Waals surface area contributed by atoms with Gasteiger partial charge in [-0.3, -0.25) is 4.79 Å². The lowest BCUT2D eigenvalue weighted by molar-refractivity contribution is 0.0600. The first kappa shape index (κ1) is 24.7. The summed E-state index contributed by atoms with van der Waals surface area (Å²) in [5.41, 5.74) is 2.88. The highest BCUT2D eigenvalue weighted by Crippen LogP contribution is 2.23. The number of amides is 1. The normalized spacial score (nSPS) is 10.5. The third-order valence-electron chi connectivity index (χ3n) is 5.62. The topological polar surface area (TPSA) is 76.1 Å². The van der Waals surface area contributed by atoms with Gasteiger partial charge in [0.05, 0.1) is 19.3 Å². The fraction of sp³-hybridized carbons (Fsp3) is 0.133. The predicted molar refractivity (Wildman–Crippen MR) is 137 cm³/mol. The molecule has 0 radical (unpaired) electrons. The van der Waals surface area contributed by atoms with Crippen molar-refractivity contribution in [3.05, 3.63) is 131 Å². The molecule has 36 heavy (non-hydrogen) atoms. The van der Waals surface area contributed by atoms with Gasteiger partial charge in [-0.2, -0.15) is 0 Å². The molecule has 0 aliphatic carbocycles. The molecule has 182 valence electrons. The van der Waals surface area contributed by atoms with E-state index in [0.29, 0.717) is 30.0 Å². The number of hydrogen-bond donors (Lipinski definition) is 1. The van der Waals surface area contributed by atoms with E-state index in [4.69, 9.17) is 9.47 Å². The molecule has 0 saturated heterocycles. The zero-order valence-electron chi connectivity index (χ0n) is 20.0. The van der Waals surface area contributed by atoms with Crippen LogP contribution in [0.3, 0.4) is 0 Å². The lowest BCUT2D eigenvalue weighted by Crippen LogP contribution is -2.30. The van der Waals surface area contributed by atoms with Crippen LogP contribution in [0.2, 0.25) is 0 Å². The molecule has 0 aliphatic heterocycles. The lowest BCUT2D eigenvalue weighted by atomic mass is 10.0. The summed E-state index contributed by atoms with van der Waals surface area (Å²) in [4.78, 5) is 27.5. The van der Waals surface area contributed by atoms with Gasteiger partial charge in [0.1, 0.15) is 11.5 Å². The smallest absolute Gasteiger partial charge is 0.337 e. The number of para-hydroxylation sites is 1. The number of nitrogens with zero attached hydrogens (tertiary/aromatic N) is 1. The van der Waals surface area contributed by atoms with Gasteiger partial charge in [0.25, 0.3) is 5.91 Å². The van der Waals surface area contributed by atoms with Crippen LogP contribution in [0.5, 0.6) is 11.5 Å². The molecule has 0 spiro atoms. The molecule has 0 aliphatic rings. The fourth-order valence-corrected chi connectivity index (χ4v) is 3.84. The van der Waals surface area contributed by atoms with Gasteiger partial charge in [-0.15, -0.1) is 0 Å². The van der Waals surface area contributed by atoms with Crippen molar-refractivity contribution in [2.75, 3.05) is 7.11 Å². The summed E-state index contributed by atoms with van der Waals surface area (Å²) in [5.74, 6) is 0.618. The number of carbonyl (C=O) groups is 2. The lowest BCUT2D eigenvalue weighted by Gasteiger charge is -2.24. The summed E-state index contributed by atoms with van der Waals surface area (Å²) in [6.45, 7) is 0.418. The third-order valence-corrected chi connectivity index (χ3v) is 5.62. The summed E-state index contributed by atoms with van der Waals surface area (Å²) in [7, 11) is 1.28. The van der Waals surface area contributed by atoms with Crippen molar-refractivity contribution in [2.24, 2.45) is 0 Å². The number of aliphatic hydroxyl groups is 1. The minimum atomic E-state index is -0.567. The molecule has 0 heterocycles. The summed E-state index contributed by atoms with van der Waals surface area (Å²) in [6, 6.07) is 31.4. The molecule has 0 aromatic heterocycles. The van der Waals surface area contributed by atoms with Crippen molar-refractivity contribution in [3.8, 4) is 11.5 Å². The number of esters is 1. The Balaban J connectivity index is 1.60. The molecular formula is C30H27NO5.